The third-order valence-electron chi connectivity index (χ3n) is 2.87. The summed E-state index contributed by atoms with van der Waals surface area (Å²) in [6.45, 7) is 1.90. The van der Waals surface area contributed by atoms with Crippen molar-refractivity contribution in [3.8, 4) is 15.6 Å². The number of nitrogens with zero attached hydrogens (tertiary/aromatic N) is 3. The summed E-state index contributed by atoms with van der Waals surface area (Å²) in [7, 11) is 1.50. The molecule has 3 aromatic heterocycles. The predicted octanol–water partition coefficient (Wildman–Crippen LogP) is 3.23. The number of pyridine rings is 1. The van der Waals surface area contributed by atoms with Crippen molar-refractivity contribution in [1.29, 1.82) is 0 Å². The number of amides is 1. The molecule has 8 heteroatoms. The van der Waals surface area contributed by atoms with E-state index in [0.29, 0.717) is 15.9 Å². The lowest BCUT2D eigenvalue weighted by molar-refractivity contribution is 0.102. The van der Waals surface area contributed by atoms with Crippen molar-refractivity contribution in [2.75, 3.05) is 12.4 Å². The zero-order valence-corrected chi connectivity index (χ0v) is 13.5. The van der Waals surface area contributed by atoms with E-state index in [0.717, 1.165) is 16.1 Å². The second kappa shape index (κ2) is 6.20. The van der Waals surface area contributed by atoms with Crippen LogP contribution in [0.2, 0.25) is 0 Å². The molecule has 1 N–H and O–H groups in total. The van der Waals surface area contributed by atoms with E-state index in [4.69, 9.17) is 4.74 Å². The molecule has 3 heterocycles. The molecule has 22 heavy (non-hydrogen) atoms. The second-order valence-electron chi connectivity index (χ2n) is 4.38. The molecule has 0 aliphatic rings. The summed E-state index contributed by atoms with van der Waals surface area (Å²) in [5, 5.41) is 13.1. The van der Waals surface area contributed by atoms with Crippen LogP contribution in [0.25, 0.3) is 10.4 Å². The van der Waals surface area contributed by atoms with E-state index >= 15 is 0 Å². The number of rotatable bonds is 4. The normalized spacial score (nSPS) is 10.5. The van der Waals surface area contributed by atoms with E-state index in [1.165, 1.54) is 18.4 Å². The Labute approximate surface area is 134 Å². The highest BCUT2D eigenvalue weighted by Crippen LogP contribution is 2.29. The maximum absolute atomic E-state index is 12.5. The van der Waals surface area contributed by atoms with Crippen molar-refractivity contribution in [1.82, 2.24) is 15.2 Å². The highest BCUT2D eigenvalue weighted by atomic mass is 32.1. The lowest BCUT2D eigenvalue weighted by Gasteiger charge is -2.07. The molecule has 1 amide bonds. The van der Waals surface area contributed by atoms with E-state index in [-0.39, 0.29) is 5.91 Å². The lowest BCUT2D eigenvalue weighted by atomic mass is 10.1. The van der Waals surface area contributed by atoms with Crippen molar-refractivity contribution >= 4 is 33.7 Å². The summed E-state index contributed by atoms with van der Waals surface area (Å²) < 4.78 is 4.96. The number of carbonyl (C=O) groups is 1. The number of aryl methyl sites for hydroxylation is 1. The standard InChI is InChI=1S/C14H12N4O2S2/c1-8-6-9(11-4-3-5-21-11)10(7-15-8)12(19)16-13-17-18-14(20-2)22-13/h3-7H,1-2H3,(H,16,17,19). The minimum Gasteiger partial charge on any atom is -0.472 e. The molecule has 0 spiro atoms. The highest BCUT2D eigenvalue weighted by Gasteiger charge is 2.16. The van der Waals surface area contributed by atoms with Crippen LogP contribution in [0.15, 0.2) is 29.8 Å². The van der Waals surface area contributed by atoms with E-state index in [2.05, 4.69) is 20.5 Å². The van der Waals surface area contributed by atoms with E-state index in [1.807, 2.05) is 30.5 Å². The topological polar surface area (TPSA) is 77.0 Å². The molecule has 0 aliphatic carbocycles. The van der Waals surface area contributed by atoms with Gasteiger partial charge in [-0.15, -0.1) is 16.4 Å². The van der Waals surface area contributed by atoms with Gasteiger partial charge in [-0.1, -0.05) is 11.2 Å². The monoisotopic (exact) mass is 332 g/mol. The van der Waals surface area contributed by atoms with E-state index < -0.39 is 0 Å². The smallest absolute Gasteiger partial charge is 0.295 e. The highest BCUT2D eigenvalue weighted by molar-refractivity contribution is 7.17. The SMILES string of the molecule is COc1nnc(NC(=O)c2cnc(C)cc2-c2cccs2)s1. The summed E-state index contributed by atoms with van der Waals surface area (Å²) in [6.07, 6.45) is 1.58. The number of methoxy groups -OCH3 is 1. The van der Waals surface area contributed by atoms with Gasteiger partial charge in [0.1, 0.15) is 0 Å². The predicted molar refractivity (Wildman–Crippen MR) is 86.7 cm³/mol. The van der Waals surface area contributed by atoms with Crippen LogP contribution >= 0.6 is 22.7 Å². The number of aromatic nitrogens is 3. The van der Waals surface area contributed by atoms with Crippen molar-refractivity contribution < 1.29 is 9.53 Å². The Balaban J connectivity index is 1.92. The molecule has 0 saturated heterocycles. The van der Waals surface area contributed by atoms with Gasteiger partial charge in [0.2, 0.25) is 5.13 Å². The fraction of sp³-hybridized carbons (Fsp3) is 0.143. The fourth-order valence-electron chi connectivity index (χ4n) is 1.88. The lowest BCUT2D eigenvalue weighted by Crippen LogP contribution is -2.13. The van der Waals surface area contributed by atoms with Gasteiger partial charge < -0.3 is 4.74 Å². The average molecular weight is 332 g/mol. The molecule has 0 radical (unpaired) electrons. The molecular formula is C14H12N4O2S2. The van der Waals surface area contributed by atoms with Crippen molar-refractivity contribution in [2.24, 2.45) is 0 Å². The van der Waals surface area contributed by atoms with Crippen LogP contribution in [0, 0.1) is 6.92 Å². The van der Waals surface area contributed by atoms with Crippen molar-refractivity contribution in [2.45, 2.75) is 6.92 Å². The molecule has 6 nitrogen and oxygen atoms in total. The summed E-state index contributed by atoms with van der Waals surface area (Å²) >= 11 is 2.75. The molecule has 3 rings (SSSR count). The van der Waals surface area contributed by atoms with Gasteiger partial charge in [-0.25, -0.2) is 0 Å². The first-order valence-electron chi connectivity index (χ1n) is 6.36. The van der Waals surface area contributed by atoms with E-state index in [1.54, 1.807) is 17.5 Å². The average Bonchev–Trinajstić information content (AvgIpc) is 3.18. The molecule has 0 saturated carbocycles. The van der Waals surface area contributed by atoms with Crippen LogP contribution in [0.1, 0.15) is 16.1 Å². The Morgan fingerprint density at radius 3 is 2.91 bits per heavy atom. The molecule has 0 bridgehead atoms. The first kappa shape index (κ1) is 14.6. The summed E-state index contributed by atoms with van der Waals surface area (Å²) in [6, 6.07) is 5.83. The Morgan fingerprint density at radius 2 is 2.23 bits per heavy atom. The molecular weight excluding hydrogens is 320 g/mol. The van der Waals surface area contributed by atoms with Gasteiger partial charge in [0.05, 0.1) is 12.7 Å². The zero-order valence-electron chi connectivity index (χ0n) is 11.9. The van der Waals surface area contributed by atoms with Crippen LogP contribution < -0.4 is 10.1 Å². The third-order valence-corrected chi connectivity index (χ3v) is 4.58. The largest absolute Gasteiger partial charge is 0.472 e. The zero-order chi connectivity index (χ0) is 15.5. The van der Waals surface area contributed by atoms with Gasteiger partial charge >= 0.3 is 0 Å². The minimum atomic E-state index is -0.269. The van der Waals surface area contributed by atoms with Crippen molar-refractivity contribution in [3.05, 3.63) is 41.0 Å². The number of ether oxygens (including phenoxy) is 1. The van der Waals surface area contributed by atoms with E-state index in [9.17, 15) is 4.79 Å². The van der Waals surface area contributed by atoms with Gasteiger partial charge in [-0.05, 0) is 35.8 Å². The summed E-state index contributed by atoms with van der Waals surface area (Å²) in [5.74, 6) is -0.269. The second-order valence-corrected chi connectivity index (χ2v) is 6.27. The first-order chi connectivity index (χ1) is 10.7. The molecule has 112 valence electrons. The molecule has 0 unspecified atom stereocenters. The van der Waals surface area contributed by atoms with Gasteiger partial charge in [0, 0.05) is 22.3 Å². The van der Waals surface area contributed by atoms with Gasteiger partial charge in [-0.2, -0.15) is 0 Å². The quantitative estimate of drug-likeness (QED) is 0.794. The summed E-state index contributed by atoms with van der Waals surface area (Å²) in [4.78, 5) is 17.7. The molecule has 0 atom stereocenters. The van der Waals surface area contributed by atoms with Crippen LogP contribution in [0.5, 0.6) is 5.19 Å². The van der Waals surface area contributed by atoms with Crippen LogP contribution in [0.4, 0.5) is 5.13 Å². The number of nitrogens with one attached hydrogen (secondary N) is 1. The molecule has 0 aromatic carbocycles. The number of anilines is 1. The Bertz CT molecular complexity index is 799. The van der Waals surface area contributed by atoms with Crippen LogP contribution in [-0.2, 0) is 0 Å². The van der Waals surface area contributed by atoms with Crippen LogP contribution in [-0.4, -0.2) is 28.2 Å². The molecule has 0 aliphatic heterocycles. The number of hydrogen-bond donors (Lipinski definition) is 1. The molecule has 3 aromatic rings. The Hall–Kier alpha value is -2.32. The summed E-state index contributed by atoms with van der Waals surface area (Å²) in [5.41, 5.74) is 2.22. The fourth-order valence-corrected chi connectivity index (χ4v) is 3.20. The number of hydrogen-bond acceptors (Lipinski definition) is 7. The van der Waals surface area contributed by atoms with Crippen molar-refractivity contribution in [3.63, 3.8) is 0 Å². The maximum Gasteiger partial charge on any atom is 0.295 e. The Kier molecular flexibility index (Phi) is 4.12. The minimum absolute atomic E-state index is 0.269. The van der Waals surface area contributed by atoms with Gasteiger partial charge in [0.15, 0.2) is 0 Å². The number of carbonyl (C=O) groups excluding carboxylic acids is 1. The van der Waals surface area contributed by atoms with Gasteiger partial charge in [0.25, 0.3) is 11.1 Å². The third kappa shape index (κ3) is 2.97. The van der Waals surface area contributed by atoms with Gasteiger partial charge in [-0.3, -0.25) is 15.1 Å². The molecule has 0 fully saturated rings. The van der Waals surface area contributed by atoms with Crippen LogP contribution in [0.3, 0.4) is 0 Å². The maximum atomic E-state index is 12.5. The first-order valence-corrected chi connectivity index (χ1v) is 8.06. The number of thiophene rings is 1. The Morgan fingerprint density at radius 1 is 1.36 bits per heavy atom.